The van der Waals surface area contributed by atoms with Crippen LogP contribution in [0.15, 0.2) is 36.0 Å². The van der Waals surface area contributed by atoms with Gasteiger partial charge in [0.25, 0.3) is 0 Å². The summed E-state index contributed by atoms with van der Waals surface area (Å²) >= 11 is 0. The van der Waals surface area contributed by atoms with Crippen LogP contribution in [-0.2, 0) is 0 Å². The molecule has 0 saturated heterocycles. The number of carbonyl (C=O) groups excluding carboxylic acids is 1. The number of nitrogens with two attached hydrogens (primary N) is 1. The molecule has 0 aliphatic carbocycles. The highest BCUT2D eigenvalue weighted by Crippen LogP contribution is 2.21. The van der Waals surface area contributed by atoms with E-state index in [0.29, 0.717) is 0 Å². The fourth-order valence-electron chi connectivity index (χ4n) is 0.921. The number of ketones is 1. The number of allylic oxidation sites excluding steroid dienone is 2. The van der Waals surface area contributed by atoms with Crippen molar-refractivity contribution in [1.82, 2.24) is 0 Å². The van der Waals surface area contributed by atoms with Crippen molar-refractivity contribution in [1.29, 1.82) is 0 Å². The SMILES string of the molecule is N/C(=C\C(=O)c1ccc(F)cc1)C(F)(F)F. The van der Waals surface area contributed by atoms with Gasteiger partial charge in [-0.1, -0.05) is 0 Å². The van der Waals surface area contributed by atoms with Gasteiger partial charge in [0.1, 0.15) is 11.5 Å². The molecule has 0 spiro atoms. The normalized spacial score (nSPS) is 12.6. The Labute approximate surface area is 88.4 Å². The molecule has 0 amide bonds. The van der Waals surface area contributed by atoms with Crippen molar-refractivity contribution in [3.8, 4) is 0 Å². The summed E-state index contributed by atoms with van der Waals surface area (Å²) in [5.41, 5.74) is 3.11. The Hall–Kier alpha value is -1.85. The minimum atomic E-state index is -4.74. The van der Waals surface area contributed by atoms with Crippen LogP contribution >= 0.6 is 0 Å². The molecule has 2 nitrogen and oxygen atoms in total. The molecule has 0 aromatic heterocycles. The molecule has 0 unspecified atom stereocenters. The van der Waals surface area contributed by atoms with Crippen LogP contribution in [-0.4, -0.2) is 12.0 Å². The minimum Gasteiger partial charge on any atom is -0.395 e. The van der Waals surface area contributed by atoms with Crippen LogP contribution < -0.4 is 5.73 Å². The summed E-state index contributed by atoms with van der Waals surface area (Å²) < 4.78 is 48.4. The molecule has 0 heterocycles. The highest BCUT2D eigenvalue weighted by Gasteiger charge is 2.32. The van der Waals surface area contributed by atoms with Crippen molar-refractivity contribution < 1.29 is 22.4 Å². The summed E-state index contributed by atoms with van der Waals surface area (Å²) in [5, 5.41) is 0. The fourth-order valence-corrected chi connectivity index (χ4v) is 0.921. The Morgan fingerprint density at radius 3 is 2.12 bits per heavy atom. The van der Waals surface area contributed by atoms with Gasteiger partial charge in [-0.15, -0.1) is 0 Å². The first kappa shape index (κ1) is 12.2. The van der Waals surface area contributed by atoms with Crippen molar-refractivity contribution in [2.75, 3.05) is 0 Å². The molecule has 0 fully saturated rings. The molecule has 0 bridgehead atoms. The number of halogens is 4. The van der Waals surface area contributed by atoms with Gasteiger partial charge in [0, 0.05) is 11.6 Å². The smallest absolute Gasteiger partial charge is 0.395 e. The van der Waals surface area contributed by atoms with Crippen LogP contribution in [0.2, 0.25) is 0 Å². The third-order valence-corrected chi connectivity index (χ3v) is 1.74. The van der Waals surface area contributed by atoms with E-state index >= 15 is 0 Å². The highest BCUT2D eigenvalue weighted by atomic mass is 19.4. The van der Waals surface area contributed by atoms with Crippen LogP contribution in [0.4, 0.5) is 17.6 Å². The lowest BCUT2D eigenvalue weighted by Crippen LogP contribution is -2.20. The van der Waals surface area contributed by atoms with Crippen molar-refractivity contribution in [3.05, 3.63) is 47.4 Å². The summed E-state index contributed by atoms with van der Waals surface area (Å²) in [4.78, 5) is 11.2. The Bertz CT molecular complexity index is 419. The molecule has 0 atom stereocenters. The maximum atomic E-state index is 12.5. The monoisotopic (exact) mass is 233 g/mol. The van der Waals surface area contributed by atoms with Crippen LogP contribution in [0.5, 0.6) is 0 Å². The summed E-state index contributed by atoms with van der Waals surface area (Å²) in [7, 11) is 0. The Morgan fingerprint density at radius 2 is 1.69 bits per heavy atom. The Kier molecular flexibility index (Phi) is 3.31. The lowest BCUT2D eigenvalue weighted by Gasteiger charge is -2.05. The largest absolute Gasteiger partial charge is 0.430 e. The molecule has 6 heteroatoms. The van der Waals surface area contributed by atoms with E-state index in [1.54, 1.807) is 0 Å². The molecule has 0 aliphatic rings. The maximum Gasteiger partial charge on any atom is 0.430 e. The molecule has 0 radical (unpaired) electrons. The molecular weight excluding hydrogens is 226 g/mol. The van der Waals surface area contributed by atoms with E-state index in [-0.39, 0.29) is 11.6 Å². The van der Waals surface area contributed by atoms with E-state index in [1.165, 1.54) is 0 Å². The zero-order valence-corrected chi connectivity index (χ0v) is 7.88. The van der Waals surface area contributed by atoms with Gasteiger partial charge >= 0.3 is 6.18 Å². The van der Waals surface area contributed by atoms with E-state index < -0.39 is 23.5 Å². The molecule has 16 heavy (non-hydrogen) atoms. The second-order valence-electron chi connectivity index (χ2n) is 2.97. The van der Waals surface area contributed by atoms with E-state index in [0.717, 1.165) is 24.3 Å². The summed E-state index contributed by atoms with van der Waals surface area (Å²) in [6.45, 7) is 0. The molecule has 1 aromatic rings. The topological polar surface area (TPSA) is 43.1 Å². The number of hydrogen-bond acceptors (Lipinski definition) is 2. The van der Waals surface area contributed by atoms with Crippen molar-refractivity contribution in [3.63, 3.8) is 0 Å². The number of rotatable bonds is 2. The van der Waals surface area contributed by atoms with Gasteiger partial charge in [0.05, 0.1) is 0 Å². The molecule has 86 valence electrons. The molecule has 0 saturated carbocycles. The lowest BCUT2D eigenvalue weighted by atomic mass is 10.1. The molecule has 1 rings (SSSR count). The molecular formula is C10H7F4NO. The van der Waals surface area contributed by atoms with E-state index in [9.17, 15) is 22.4 Å². The Balaban J connectivity index is 2.92. The second-order valence-corrected chi connectivity index (χ2v) is 2.97. The first-order valence-corrected chi connectivity index (χ1v) is 4.15. The van der Waals surface area contributed by atoms with Crippen LogP contribution in [0, 0.1) is 5.82 Å². The number of carbonyl (C=O) groups is 1. The Morgan fingerprint density at radius 1 is 1.19 bits per heavy atom. The van der Waals surface area contributed by atoms with Gasteiger partial charge in [-0.3, -0.25) is 4.79 Å². The average Bonchev–Trinajstić information content (AvgIpc) is 2.17. The third-order valence-electron chi connectivity index (χ3n) is 1.74. The standard InChI is InChI=1S/C10H7F4NO/c11-7-3-1-6(2-4-7)8(16)5-9(15)10(12,13)14/h1-5H,15H2/b9-5-. The molecule has 2 N–H and O–H groups in total. The quantitative estimate of drug-likeness (QED) is 0.484. The summed E-state index contributed by atoms with van der Waals surface area (Å²) in [6.07, 6.45) is -4.47. The van der Waals surface area contributed by atoms with Crippen molar-refractivity contribution >= 4 is 5.78 Å². The number of hydrogen-bond donors (Lipinski definition) is 1. The summed E-state index contributed by atoms with van der Waals surface area (Å²) in [5.74, 6) is -1.50. The van der Waals surface area contributed by atoms with Gasteiger partial charge in [-0.2, -0.15) is 13.2 Å². The average molecular weight is 233 g/mol. The van der Waals surface area contributed by atoms with E-state index in [1.807, 2.05) is 0 Å². The van der Waals surface area contributed by atoms with Gasteiger partial charge < -0.3 is 5.73 Å². The molecule has 1 aromatic carbocycles. The predicted molar refractivity (Wildman–Crippen MR) is 49.1 cm³/mol. The first-order valence-electron chi connectivity index (χ1n) is 4.15. The zero-order chi connectivity index (χ0) is 12.3. The van der Waals surface area contributed by atoms with E-state index in [4.69, 9.17) is 0 Å². The van der Waals surface area contributed by atoms with Crippen LogP contribution in [0.3, 0.4) is 0 Å². The number of benzene rings is 1. The van der Waals surface area contributed by atoms with Crippen molar-refractivity contribution in [2.45, 2.75) is 6.18 Å². The lowest BCUT2D eigenvalue weighted by molar-refractivity contribution is -0.0927. The second kappa shape index (κ2) is 4.34. The van der Waals surface area contributed by atoms with Crippen molar-refractivity contribution in [2.24, 2.45) is 5.73 Å². The van der Waals surface area contributed by atoms with Gasteiger partial charge in [0.15, 0.2) is 5.78 Å². The van der Waals surface area contributed by atoms with Crippen LogP contribution in [0.1, 0.15) is 10.4 Å². The van der Waals surface area contributed by atoms with Crippen LogP contribution in [0.25, 0.3) is 0 Å². The fraction of sp³-hybridized carbons (Fsp3) is 0.100. The highest BCUT2D eigenvalue weighted by molar-refractivity contribution is 6.04. The first-order chi connectivity index (χ1) is 7.30. The third kappa shape index (κ3) is 3.08. The van der Waals surface area contributed by atoms with Gasteiger partial charge in [0.2, 0.25) is 0 Å². The summed E-state index contributed by atoms with van der Waals surface area (Å²) in [6, 6.07) is 4.12. The number of alkyl halides is 3. The van der Waals surface area contributed by atoms with Gasteiger partial charge in [-0.25, -0.2) is 4.39 Å². The van der Waals surface area contributed by atoms with E-state index in [2.05, 4.69) is 5.73 Å². The zero-order valence-electron chi connectivity index (χ0n) is 7.88. The molecule has 0 aliphatic heterocycles. The maximum absolute atomic E-state index is 12.5. The van der Waals surface area contributed by atoms with Gasteiger partial charge in [-0.05, 0) is 24.3 Å². The minimum absolute atomic E-state index is 0.0615. The predicted octanol–water partition coefficient (Wildman–Crippen LogP) is 2.41.